The number of amides is 1. The number of benzene rings is 2. The number of carbonyl (C=O) groups excluding carboxylic acids is 1. The highest BCUT2D eigenvalue weighted by Gasteiger charge is 2.58. The molecule has 1 spiro atoms. The summed E-state index contributed by atoms with van der Waals surface area (Å²) in [5.41, 5.74) is 3.84. The van der Waals surface area contributed by atoms with Crippen LogP contribution in [-0.2, 0) is 14.8 Å². The van der Waals surface area contributed by atoms with Gasteiger partial charge in [-0.1, -0.05) is 24.3 Å². The van der Waals surface area contributed by atoms with Crippen molar-refractivity contribution >= 4 is 43.9 Å². The van der Waals surface area contributed by atoms with Crippen LogP contribution in [0.3, 0.4) is 0 Å². The highest BCUT2D eigenvalue weighted by molar-refractivity contribution is 7.92. The van der Waals surface area contributed by atoms with Crippen LogP contribution >= 0.6 is 0 Å². The molecule has 42 heavy (non-hydrogen) atoms. The zero-order chi connectivity index (χ0) is 29.6. The number of hydrogen-bond donors (Lipinski definition) is 1. The summed E-state index contributed by atoms with van der Waals surface area (Å²) in [6.45, 7) is 1.22. The number of rotatable bonds is 9. The smallest absolute Gasteiger partial charge is 0.262 e. The molecule has 0 saturated heterocycles. The van der Waals surface area contributed by atoms with Gasteiger partial charge in [-0.2, -0.15) is 0 Å². The number of nitrogens with zero attached hydrogens (tertiary/aromatic N) is 5. The summed E-state index contributed by atoms with van der Waals surface area (Å²) in [6, 6.07) is 15.9. The third-order valence-corrected chi connectivity index (χ3v) is 9.44. The molecule has 11 heteroatoms. The predicted molar refractivity (Wildman–Crippen MR) is 165 cm³/mol. The molecule has 0 atom stereocenters. The number of anilines is 3. The van der Waals surface area contributed by atoms with Gasteiger partial charge in [0.25, 0.3) is 15.9 Å². The molecule has 0 bridgehead atoms. The van der Waals surface area contributed by atoms with E-state index in [0.29, 0.717) is 12.2 Å². The molecule has 218 valence electrons. The quantitative estimate of drug-likeness (QED) is 0.288. The summed E-state index contributed by atoms with van der Waals surface area (Å²) in [5, 5.41) is 0.911. The molecule has 4 aromatic rings. The van der Waals surface area contributed by atoms with Gasteiger partial charge in [-0.3, -0.25) is 14.5 Å². The lowest BCUT2D eigenvalue weighted by molar-refractivity contribution is -0.120. The molecule has 2 aromatic heterocycles. The van der Waals surface area contributed by atoms with Gasteiger partial charge >= 0.3 is 0 Å². The van der Waals surface area contributed by atoms with E-state index in [2.05, 4.69) is 24.5 Å². The second kappa shape index (κ2) is 10.6. The predicted octanol–water partition coefficient (Wildman–Crippen LogP) is 4.37. The number of nitrogens with one attached hydrogen (secondary N) is 1. The Bertz CT molecular complexity index is 1770. The summed E-state index contributed by atoms with van der Waals surface area (Å²) >= 11 is 0. The number of sulfonamides is 1. The summed E-state index contributed by atoms with van der Waals surface area (Å²) in [5.74, 6) is 0.308. The van der Waals surface area contributed by atoms with Gasteiger partial charge in [-0.15, -0.1) is 0 Å². The van der Waals surface area contributed by atoms with Crippen molar-refractivity contribution in [3.8, 4) is 17.0 Å². The summed E-state index contributed by atoms with van der Waals surface area (Å²) in [7, 11) is 3.87. The van der Waals surface area contributed by atoms with Gasteiger partial charge in [0, 0.05) is 37.8 Å². The summed E-state index contributed by atoms with van der Waals surface area (Å²) in [4.78, 5) is 28.3. The van der Waals surface area contributed by atoms with E-state index in [1.807, 2.05) is 39.3 Å². The molecule has 3 heterocycles. The SMILES string of the molecule is CN(C)CCCOc1ncc(-c2ccc3ncc4c(c3c2)N(C)C2(CC2)C(=O)N4C)cc1NS(=O)(=O)c1ccccc1. The van der Waals surface area contributed by atoms with Crippen molar-refractivity contribution in [2.75, 3.05) is 55.9 Å². The zero-order valence-electron chi connectivity index (χ0n) is 24.2. The van der Waals surface area contributed by atoms with Gasteiger partial charge in [-0.25, -0.2) is 13.4 Å². The van der Waals surface area contributed by atoms with Crippen LogP contribution in [0.1, 0.15) is 19.3 Å². The van der Waals surface area contributed by atoms with Gasteiger partial charge in [0.15, 0.2) is 0 Å². The molecule has 6 rings (SSSR count). The molecule has 2 aliphatic rings. The van der Waals surface area contributed by atoms with Crippen LogP contribution in [-0.4, -0.2) is 76.1 Å². The van der Waals surface area contributed by atoms with Crippen LogP contribution in [0.4, 0.5) is 17.1 Å². The van der Waals surface area contributed by atoms with Crippen molar-refractivity contribution in [1.82, 2.24) is 14.9 Å². The number of likely N-dealkylation sites (N-methyl/N-ethyl adjacent to an activating group) is 2. The lowest BCUT2D eigenvalue weighted by Crippen LogP contribution is -2.52. The van der Waals surface area contributed by atoms with E-state index in [4.69, 9.17) is 4.74 Å². The van der Waals surface area contributed by atoms with E-state index in [1.165, 1.54) is 0 Å². The van der Waals surface area contributed by atoms with Crippen LogP contribution in [0.25, 0.3) is 22.0 Å². The summed E-state index contributed by atoms with van der Waals surface area (Å²) in [6.07, 6.45) is 5.84. The monoisotopic (exact) mass is 586 g/mol. The summed E-state index contributed by atoms with van der Waals surface area (Å²) < 4.78 is 35.2. The van der Waals surface area contributed by atoms with Crippen LogP contribution in [0.2, 0.25) is 0 Å². The molecule has 1 fully saturated rings. The lowest BCUT2D eigenvalue weighted by Gasteiger charge is -2.40. The first-order chi connectivity index (χ1) is 20.1. The maximum atomic E-state index is 13.3. The Morgan fingerprint density at radius 3 is 2.48 bits per heavy atom. The zero-order valence-corrected chi connectivity index (χ0v) is 25.0. The molecule has 1 aliphatic carbocycles. The number of fused-ring (bicyclic) bond motifs is 3. The van der Waals surface area contributed by atoms with Crippen LogP contribution in [0, 0.1) is 0 Å². The number of carbonyl (C=O) groups is 1. The van der Waals surface area contributed by atoms with E-state index >= 15 is 0 Å². The van der Waals surface area contributed by atoms with Crippen LogP contribution < -0.4 is 19.3 Å². The number of aromatic nitrogens is 2. The normalized spacial score (nSPS) is 15.8. The minimum Gasteiger partial charge on any atom is -0.476 e. The van der Waals surface area contributed by atoms with E-state index in [9.17, 15) is 13.2 Å². The van der Waals surface area contributed by atoms with Crippen molar-refractivity contribution in [3.05, 3.63) is 67.0 Å². The van der Waals surface area contributed by atoms with E-state index in [-0.39, 0.29) is 22.4 Å². The van der Waals surface area contributed by atoms with Gasteiger partial charge in [0.2, 0.25) is 5.88 Å². The van der Waals surface area contributed by atoms with Crippen molar-refractivity contribution in [2.45, 2.75) is 29.7 Å². The maximum absolute atomic E-state index is 13.3. The molecule has 1 amide bonds. The Morgan fingerprint density at radius 2 is 1.76 bits per heavy atom. The topological polar surface area (TPSA) is 108 Å². The molecule has 0 radical (unpaired) electrons. The Kier molecular flexibility index (Phi) is 7.02. The fraction of sp³-hybridized carbons (Fsp3) is 0.323. The molecule has 10 nitrogen and oxygen atoms in total. The number of ether oxygens (including phenoxy) is 1. The Labute approximate surface area is 246 Å². The number of hydrogen-bond acceptors (Lipinski definition) is 8. The second-order valence-corrected chi connectivity index (χ2v) is 12.9. The molecule has 1 saturated carbocycles. The van der Waals surface area contributed by atoms with Crippen molar-refractivity contribution in [1.29, 1.82) is 0 Å². The minimum atomic E-state index is -3.88. The maximum Gasteiger partial charge on any atom is 0.262 e. The highest BCUT2D eigenvalue weighted by Crippen LogP contribution is 2.53. The van der Waals surface area contributed by atoms with Crippen molar-refractivity contribution in [3.63, 3.8) is 0 Å². The van der Waals surface area contributed by atoms with E-state index in [1.54, 1.807) is 60.7 Å². The Morgan fingerprint density at radius 1 is 1.00 bits per heavy atom. The molecular formula is C31H34N6O4S. The fourth-order valence-electron chi connectivity index (χ4n) is 5.54. The van der Waals surface area contributed by atoms with Crippen molar-refractivity contribution in [2.24, 2.45) is 0 Å². The minimum absolute atomic E-state index is 0.0931. The molecule has 1 aliphatic heterocycles. The molecule has 2 aromatic carbocycles. The standard InChI is InChI=1S/C31H34N6O4S/c1-35(2)15-8-16-41-29-26(34-42(39,40)23-9-6-5-7-10-23)18-22(19-33-29)21-11-12-25-24(17-21)28-27(20-32-25)36(3)30(38)31(13-14-31)37(28)4/h5-7,9-12,17-20,34H,8,13-16H2,1-4H3. The van der Waals surface area contributed by atoms with E-state index in [0.717, 1.165) is 53.6 Å². The first-order valence-corrected chi connectivity index (χ1v) is 15.4. The lowest BCUT2D eigenvalue weighted by atomic mass is 9.99. The van der Waals surface area contributed by atoms with Gasteiger partial charge in [0.1, 0.15) is 11.2 Å². The van der Waals surface area contributed by atoms with Gasteiger partial charge in [-0.05, 0) is 69.3 Å². The average molecular weight is 587 g/mol. The number of pyridine rings is 2. The van der Waals surface area contributed by atoms with Crippen molar-refractivity contribution < 1.29 is 17.9 Å². The third-order valence-electron chi connectivity index (χ3n) is 8.06. The Hall–Kier alpha value is -4.22. The average Bonchev–Trinajstić information content (AvgIpc) is 3.79. The first-order valence-electron chi connectivity index (χ1n) is 13.9. The van der Waals surface area contributed by atoms with Gasteiger partial charge < -0.3 is 19.4 Å². The highest BCUT2D eigenvalue weighted by atomic mass is 32.2. The van der Waals surface area contributed by atoms with E-state index < -0.39 is 15.6 Å². The molecule has 0 unspecified atom stereocenters. The Balaban J connectivity index is 1.40. The van der Waals surface area contributed by atoms with Gasteiger partial charge in [0.05, 0.1) is 34.6 Å². The second-order valence-electron chi connectivity index (χ2n) is 11.2. The molecular weight excluding hydrogens is 552 g/mol. The molecule has 1 N–H and O–H groups in total. The third kappa shape index (κ3) is 4.92. The van der Waals surface area contributed by atoms with Crippen LogP contribution in [0.15, 0.2) is 71.9 Å². The van der Waals surface area contributed by atoms with Crippen LogP contribution in [0.5, 0.6) is 5.88 Å². The fourth-order valence-corrected chi connectivity index (χ4v) is 6.61. The first kappa shape index (κ1) is 27.9. The largest absolute Gasteiger partial charge is 0.476 e.